The van der Waals surface area contributed by atoms with Gasteiger partial charge in [-0.2, -0.15) is 0 Å². The van der Waals surface area contributed by atoms with Gasteiger partial charge in [0.05, 0.1) is 5.56 Å². The van der Waals surface area contributed by atoms with E-state index in [0.717, 1.165) is 24.8 Å². The van der Waals surface area contributed by atoms with Crippen molar-refractivity contribution in [3.63, 3.8) is 0 Å². The third-order valence-corrected chi connectivity index (χ3v) is 5.06. The summed E-state index contributed by atoms with van der Waals surface area (Å²) in [6, 6.07) is 9.14. The van der Waals surface area contributed by atoms with E-state index in [0.29, 0.717) is 11.3 Å². The van der Waals surface area contributed by atoms with Crippen LogP contribution in [0.1, 0.15) is 40.6 Å². The summed E-state index contributed by atoms with van der Waals surface area (Å²) in [7, 11) is 0. The number of fused-ring (bicyclic) bond motifs is 1. The lowest BCUT2D eigenvalue weighted by Gasteiger charge is -2.15. The Morgan fingerprint density at radius 1 is 1.17 bits per heavy atom. The molecule has 1 amide bonds. The molecule has 0 fully saturated rings. The number of rotatable bonds is 4. The van der Waals surface area contributed by atoms with E-state index in [1.54, 1.807) is 30.4 Å². The van der Waals surface area contributed by atoms with Crippen LogP contribution in [0.25, 0.3) is 0 Å². The smallest absolute Gasteiger partial charge is 0.340 e. The molecular weight excluding hydrogens is 310 g/mol. The van der Waals surface area contributed by atoms with Crippen LogP contribution in [0.5, 0.6) is 0 Å². The zero-order valence-electron chi connectivity index (χ0n) is 13.0. The third-order valence-electron chi connectivity index (χ3n) is 3.98. The fourth-order valence-corrected chi connectivity index (χ4v) is 3.82. The van der Waals surface area contributed by atoms with Gasteiger partial charge in [0.1, 0.15) is 0 Å². The monoisotopic (exact) mass is 329 g/mol. The summed E-state index contributed by atoms with van der Waals surface area (Å²) in [5, 5.41) is 4.60. The third kappa shape index (κ3) is 3.62. The summed E-state index contributed by atoms with van der Waals surface area (Å²) >= 11 is 1.62. The summed E-state index contributed by atoms with van der Waals surface area (Å²) in [5.41, 5.74) is 2.43. The predicted octanol–water partition coefficient (Wildman–Crippen LogP) is 3.81. The van der Waals surface area contributed by atoms with Crippen molar-refractivity contribution < 1.29 is 14.3 Å². The molecule has 1 aromatic heterocycles. The Balaban J connectivity index is 1.63. The molecule has 1 aliphatic rings. The number of aryl methyl sites for hydroxylation is 1. The molecule has 0 saturated carbocycles. The van der Waals surface area contributed by atoms with Gasteiger partial charge in [-0.05, 0) is 50.3 Å². The Labute approximate surface area is 139 Å². The number of benzene rings is 1. The van der Waals surface area contributed by atoms with Gasteiger partial charge in [-0.3, -0.25) is 4.79 Å². The number of amides is 1. The molecule has 0 spiro atoms. The van der Waals surface area contributed by atoms with Gasteiger partial charge in [-0.15, -0.1) is 11.3 Å². The van der Waals surface area contributed by atoms with Crippen LogP contribution in [0, 0.1) is 0 Å². The first-order chi connectivity index (χ1) is 11.1. The minimum absolute atomic E-state index is 0.325. The highest BCUT2D eigenvalue weighted by Gasteiger charge is 2.24. The largest absolute Gasteiger partial charge is 0.449 e. The number of thiophene rings is 1. The van der Waals surface area contributed by atoms with Crippen molar-refractivity contribution in [2.75, 3.05) is 5.32 Å². The van der Waals surface area contributed by atoms with E-state index < -0.39 is 12.1 Å². The van der Waals surface area contributed by atoms with Crippen LogP contribution in [0.2, 0.25) is 0 Å². The normalized spacial score (nSPS) is 14.7. The predicted molar refractivity (Wildman–Crippen MR) is 90.9 cm³/mol. The average Bonchev–Trinajstić information content (AvgIpc) is 2.99. The number of hydrogen-bond donors (Lipinski definition) is 1. The van der Waals surface area contributed by atoms with E-state index in [2.05, 4.69) is 5.32 Å². The molecule has 1 aliphatic carbocycles. The highest BCUT2D eigenvalue weighted by atomic mass is 32.1. The van der Waals surface area contributed by atoms with Gasteiger partial charge >= 0.3 is 5.97 Å². The minimum atomic E-state index is -0.832. The molecule has 4 nitrogen and oxygen atoms in total. The number of ether oxygens (including phenoxy) is 1. The molecule has 2 aromatic rings. The molecule has 1 aromatic carbocycles. The van der Waals surface area contributed by atoms with Crippen LogP contribution >= 0.6 is 11.3 Å². The highest BCUT2D eigenvalue weighted by Crippen LogP contribution is 2.30. The second-order valence-electron chi connectivity index (χ2n) is 5.66. The molecule has 0 radical (unpaired) electrons. The lowest BCUT2D eigenvalue weighted by Crippen LogP contribution is -2.30. The Hall–Kier alpha value is -2.14. The molecule has 1 atom stereocenters. The van der Waals surface area contributed by atoms with E-state index in [1.165, 1.54) is 11.3 Å². The van der Waals surface area contributed by atoms with Crippen molar-refractivity contribution in [2.24, 2.45) is 0 Å². The number of carbonyl (C=O) groups is 2. The molecule has 0 aliphatic heterocycles. The SMILES string of the molecule is C[C@H](OC(=O)c1csc2c1CCCC2)C(=O)Nc1ccccc1. The lowest BCUT2D eigenvalue weighted by atomic mass is 9.96. The molecule has 120 valence electrons. The van der Waals surface area contributed by atoms with Crippen molar-refractivity contribution >= 4 is 28.9 Å². The second-order valence-corrected chi connectivity index (χ2v) is 6.63. The number of anilines is 1. The van der Waals surface area contributed by atoms with Gasteiger partial charge in [0.15, 0.2) is 6.10 Å². The molecule has 0 saturated heterocycles. The van der Waals surface area contributed by atoms with Gasteiger partial charge in [0, 0.05) is 15.9 Å². The molecule has 23 heavy (non-hydrogen) atoms. The van der Waals surface area contributed by atoms with Gasteiger partial charge < -0.3 is 10.1 Å². The van der Waals surface area contributed by atoms with Crippen molar-refractivity contribution in [2.45, 2.75) is 38.7 Å². The molecule has 1 N–H and O–H groups in total. The first-order valence-electron chi connectivity index (χ1n) is 7.81. The van der Waals surface area contributed by atoms with Crippen LogP contribution in [-0.2, 0) is 22.4 Å². The molecule has 0 bridgehead atoms. The molecule has 5 heteroatoms. The van der Waals surface area contributed by atoms with Gasteiger partial charge in [0.25, 0.3) is 5.91 Å². The minimum Gasteiger partial charge on any atom is -0.449 e. The fraction of sp³-hybridized carbons (Fsp3) is 0.333. The van der Waals surface area contributed by atoms with Gasteiger partial charge in [-0.1, -0.05) is 18.2 Å². The first kappa shape index (κ1) is 15.7. The van der Waals surface area contributed by atoms with E-state index in [1.807, 2.05) is 23.6 Å². The maximum absolute atomic E-state index is 12.3. The maximum Gasteiger partial charge on any atom is 0.340 e. The van der Waals surface area contributed by atoms with Crippen LogP contribution in [0.4, 0.5) is 5.69 Å². The maximum atomic E-state index is 12.3. The quantitative estimate of drug-likeness (QED) is 0.868. The number of hydrogen-bond acceptors (Lipinski definition) is 4. The first-order valence-corrected chi connectivity index (χ1v) is 8.69. The highest BCUT2D eigenvalue weighted by molar-refractivity contribution is 7.10. The van der Waals surface area contributed by atoms with Crippen LogP contribution in [0.15, 0.2) is 35.7 Å². The average molecular weight is 329 g/mol. The second kappa shape index (κ2) is 6.96. The lowest BCUT2D eigenvalue weighted by molar-refractivity contribution is -0.123. The van der Waals surface area contributed by atoms with Crippen molar-refractivity contribution in [3.05, 3.63) is 51.7 Å². The molecular formula is C18H19NO3S. The summed E-state index contributed by atoms with van der Waals surface area (Å²) in [6.45, 7) is 1.59. The summed E-state index contributed by atoms with van der Waals surface area (Å²) in [4.78, 5) is 25.8. The van der Waals surface area contributed by atoms with Crippen LogP contribution in [0.3, 0.4) is 0 Å². The van der Waals surface area contributed by atoms with Gasteiger partial charge in [-0.25, -0.2) is 4.79 Å². The molecule has 0 unspecified atom stereocenters. The van der Waals surface area contributed by atoms with E-state index in [4.69, 9.17) is 4.74 Å². The number of para-hydroxylation sites is 1. The fourth-order valence-electron chi connectivity index (χ4n) is 2.71. The van der Waals surface area contributed by atoms with Crippen molar-refractivity contribution in [1.29, 1.82) is 0 Å². The Kier molecular flexibility index (Phi) is 4.76. The topological polar surface area (TPSA) is 55.4 Å². The van der Waals surface area contributed by atoms with Crippen molar-refractivity contribution in [3.8, 4) is 0 Å². The van der Waals surface area contributed by atoms with Gasteiger partial charge in [0.2, 0.25) is 0 Å². The number of carbonyl (C=O) groups excluding carboxylic acids is 2. The van der Waals surface area contributed by atoms with E-state index in [-0.39, 0.29) is 5.91 Å². The van der Waals surface area contributed by atoms with Crippen LogP contribution < -0.4 is 5.32 Å². The van der Waals surface area contributed by atoms with Crippen molar-refractivity contribution in [1.82, 2.24) is 0 Å². The summed E-state index contributed by atoms with van der Waals surface area (Å²) in [5.74, 6) is -0.728. The Bertz CT molecular complexity index is 708. The zero-order valence-corrected chi connectivity index (χ0v) is 13.8. The summed E-state index contributed by atoms with van der Waals surface area (Å²) in [6.07, 6.45) is 3.42. The number of esters is 1. The Morgan fingerprint density at radius 2 is 1.91 bits per heavy atom. The van der Waals surface area contributed by atoms with Crippen LogP contribution in [-0.4, -0.2) is 18.0 Å². The van der Waals surface area contributed by atoms with E-state index >= 15 is 0 Å². The molecule has 1 heterocycles. The standard InChI is InChI=1S/C18H19NO3S/c1-12(17(20)19-13-7-3-2-4-8-13)22-18(21)15-11-23-16-10-6-5-9-14(15)16/h2-4,7-8,11-12H,5-6,9-10H2,1H3,(H,19,20)/t12-/m0/s1. The number of nitrogens with one attached hydrogen (secondary N) is 1. The zero-order chi connectivity index (χ0) is 16.2. The Morgan fingerprint density at radius 3 is 2.70 bits per heavy atom. The van der Waals surface area contributed by atoms with E-state index in [9.17, 15) is 9.59 Å². The molecule has 3 rings (SSSR count). The summed E-state index contributed by atoms with van der Waals surface area (Å²) < 4.78 is 5.35.